The van der Waals surface area contributed by atoms with Crippen LogP contribution in [0.2, 0.25) is 0 Å². The molecule has 1 unspecified atom stereocenters. The van der Waals surface area contributed by atoms with Crippen LogP contribution in [-0.4, -0.2) is 37.2 Å². The molecule has 2 bridgehead atoms. The molecular formula is C16H24FN3O. The van der Waals surface area contributed by atoms with Crippen molar-refractivity contribution >= 4 is 11.4 Å². The predicted octanol–water partition coefficient (Wildman–Crippen LogP) is 2.70. The number of nitrogen functional groups attached to an aromatic ring is 1. The number of piperidine rings is 3. The second-order valence-corrected chi connectivity index (χ2v) is 6.11. The molecule has 0 saturated carbocycles. The fraction of sp³-hybridized carbons (Fsp3) is 0.625. The highest BCUT2D eigenvalue weighted by Gasteiger charge is 2.34. The van der Waals surface area contributed by atoms with Crippen molar-refractivity contribution < 1.29 is 9.13 Å². The normalized spacial score (nSPS) is 27.6. The van der Waals surface area contributed by atoms with Crippen molar-refractivity contribution in [3.63, 3.8) is 0 Å². The van der Waals surface area contributed by atoms with E-state index in [2.05, 4.69) is 10.2 Å². The van der Waals surface area contributed by atoms with Crippen LogP contribution in [0.25, 0.3) is 0 Å². The number of hydrogen-bond donors (Lipinski definition) is 2. The number of rotatable bonds is 5. The quantitative estimate of drug-likeness (QED) is 0.820. The number of halogens is 1. The van der Waals surface area contributed by atoms with E-state index < -0.39 is 0 Å². The summed E-state index contributed by atoms with van der Waals surface area (Å²) in [5.74, 6) is 0.592. The molecule has 1 aromatic rings. The molecular weight excluding hydrogens is 269 g/mol. The minimum Gasteiger partial charge on any atom is -0.490 e. The Morgan fingerprint density at radius 3 is 2.76 bits per heavy atom. The fourth-order valence-electron chi connectivity index (χ4n) is 3.34. The summed E-state index contributed by atoms with van der Waals surface area (Å²) in [6.07, 6.45) is 3.32. The van der Waals surface area contributed by atoms with E-state index in [-0.39, 0.29) is 11.6 Å². The van der Waals surface area contributed by atoms with E-state index in [1.54, 1.807) is 6.07 Å². The highest BCUT2D eigenvalue weighted by atomic mass is 19.1. The van der Waals surface area contributed by atoms with Gasteiger partial charge in [0.05, 0.1) is 18.0 Å². The Bertz CT molecular complexity index is 501. The second kappa shape index (κ2) is 6.10. The molecule has 3 fully saturated rings. The molecule has 0 radical (unpaired) electrons. The Morgan fingerprint density at radius 2 is 2.14 bits per heavy atom. The van der Waals surface area contributed by atoms with Gasteiger partial charge in [0.1, 0.15) is 0 Å². The van der Waals surface area contributed by atoms with Crippen LogP contribution < -0.4 is 15.8 Å². The van der Waals surface area contributed by atoms with Crippen LogP contribution in [0.3, 0.4) is 0 Å². The van der Waals surface area contributed by atoms with E-state index in [0.717, 1.165) is 18.7 Å². The Hall–Kier alpha value is -1.49. The van der Waals surface area contributed by atoms with Crippen LogP contribution >= 0.6 is 0 Å². The third-order valence-corrected chi connectivity index (χ3v) is 4.56. The monoisotopic (exact) mass is 293 g/mol. The summed E-state index contributed by atoms with van der Waals surface area (Å²) in [5.41, 5.74) is 7.21. The molecule has 21 heavy (non-hydrogen) atoms. The lowest BCUT2D eigenvalue weighted by Gasteiger charge is -2.45. The van der Waals surface area contributed by atoms with Crippen LogP contribution in [0.15, 0.2) is 12.1 Å². The number of anilines is 2. The molecule has 1 atom stereocenters. The van der Waals surface area contributed by atoms with Gasteiger partial charge < -0.3 is 20.7 Å². The Balaban J connectivity index is 1.75. The highest BCUT2D eigenvalue weighted by molar-refractivity contribution is 5.69. The molecule has 0 aliphatic carbocycles. The van der Waals surface area contributed by atoms with Gasteiger partial charge in [0.25, 0.3) is 0 Å². The third kappa shape index (κ3) is 3.07. The number of nitrogens with one attached hydrogen (secondary N) is 1. The molecule has 1 aromatic carbocycles. The Kier molecular flexibility index (Phi) is 4.19. The molecule has 3 aliphatic heterocycles. The van der Waals surface area contributed by atoms with E-state index >= 15 is 0 Å². The third-order valence-electron chi connectivity index (χ3n) is 4.56. The molecule has 3 aliphatic rings. The average Bonchev–Trinajstić information content (AvgIpc) is 2.50. The topological polar surface area (TPSA) is 50.5 Å². The maximum absolute atomic E-state index is 13.8. The summed E-state index contributed by atoms with van der Waals surface area (Å²) in [6.45, 7) is 5.97. The molecule has 0 spiro atoms. The van der Waals surface area contributed by atoms with Gasteiger partial charge in [-0.2, -0.15) is 0 Å². The lowest BCUT2D eigenvalue weighted by molar-refractivity contribution is 0.0975. The molecule has 5 heteroatoms. The van der Waals surface area contributed by atoms with Gasteiger partial charge in [0.15, 0.2) is 11.6 Å². The maximum Gasteiger partial charge on any atom is 0.167 e. The molecule has 3 N–H and O–H groups in total. The molecule has 3 saturated heterocycles. The van der Waals surface area contributed by atoms with Crippen LogP contribution in [0.1, 0.15) is 26.2 Å². The van der Waals surface area contributed by atoms with E-state index in [9.17, 15) is 4.39 Å². The first-order chi connectivity index (χ1) is 10.2. The van der Waals surface area contributed by atoms with Gasteiger partial charge in [0.2, 0.25) is 0 Å². The zero-order chi connectivity index (χ0) is 14.8. The number of nitrogens with two attached hydrogens (primary N) is 1. The lowest BCUT2D eigenvalue weighted by Crippen LogP contribution is -2.53. The fourth-order valence-corrected chi connectivity index (χ4v) is 3.34. The molecule has 4 nitrogen and oxygen atoms in total. The van der Waals surface area contributed by atoms with Crippen LogP contribution in [0, 0.1) is 11.7 Å². The summed E-state index contributed by atoms with van der Waals surface area (Å²) in [4.78, 5) is 2.48. The van der Waals surface area contributed by atoms with E-state index in [4.69, 9.17) is 10.5 Å². The summed E-state index contributed by atoms with van der Waals surface area (Å²) < 4.78 is 19.3. The first-order valence-electron chi connectivity index (χ1n) is 7.88. The maximum atomic E-state index is 13.8. The molecule has 0 aromatic heterocycles. The van der Waals surface area contributed by atoms with Gasteiger partial charge in [-0.05, 0) is 38.3 Å². The summed E-state index contributed by atoms with van der Waals surface area (Å²) in [7, 11) is 0. The summed E-state index contributed by atoms with van der Waals surface area (Å²) in [5, 5.41) is 3.51. The first kappa shape index (κ1) is 14.4. The molecule has 4 rings (SSSR count). The van der Waals surface area contributed by atoms with Gasteiger partial charge in [-0.25, -0.2) is 4.39 Å². The standard InChI is InChI=1S/C16H24FN3O/c1-2-7-21-16-9-14(13(18)8-12(16)17)19-15-10-20-5-3-11(15)4-6-20/h8-9,11,15,19H,2-7,10,18H2,1H3. The molecule has 116 valence electrons. The van der Waals surface area contributed by atoms with Crippen LogP contribution in [0.4, 0.5) is 15.8 Å². The van der Waals surface area contributed by atoms with Crippen molar-refractivity contribution in [1.29, 1.82) is 0 Å². The molecule has 3 heterocycles. The number of benzene rings is 1. The zero-order valence-electron chi connectivity index (χ0n) is 12.6. The first-order valence-corrected chi connectivity index (χ1v) is 7.88. The van der Waals surface area contributed by atoms with Crippen molar-refractivity contribution in [2.45, 2.75) is 32.2 Å². The van der Waals surface area contributed by atoms with Gasteiger partial charge in [0, 0.05) is 24.7 Å². The SMILES string of the molecule is CCCOc1cc(NC2CN3CCC2CC3)c(N)cc1F. The van der Waals surface area contributed by atoms with E-state index in [0.29, 0.717) is 24.3 Å². The smallest absolute Gasteiger partial charge is 0.167 e. The number of ether oxygens (including phenoxy) is 1. The highest BCUT2D eigenvalue weighted by Crippen LogP contribution is 2.33. The van der Waals surface area contributed by atoms with Crippen molar-refractivity contribution in [3.8, 4) is 5.75 Å². The number of hydrogen-bond acceptors (Lipinski definition) is 4. The summed E-state index contributed by atoms with van der Waals surface area (Å²) >= 11 is 0. The van der Waals surface area contributed by atoms with Gasteiger partial charge in [-0.3, -0.25) is 0 Å². The van der Waals surface area contributed by atoms with Crippen LogP contribution in [0.5, 0.6) is 5.75 Å². The largest absolute Gasteiger partial charge is 0.490 e. The predicted molar refractivity (Wildman–Crippen MR) is 83.2 cm³/mol. The molecule has 0 amide bonds. The van der Waals surface area contributed by atoms with E-state index in [1.807, 2.05) is 6.92 Å². The van der Waals surface area contributed by atoms with Crippen molar-refractivity contribution in [1.82, 2.24) is 4.90 Å². The minimum absolute atomic E-state index is 0.287. The van der Waals surface area contributed by atoms with Crippen molar-refractivity contribution in [2.75, 3.05) is 37.3 Å². The van der Waals surface area contributed by atoms with Gasteiger partial charge >= 0.3 is 0 Å². The minimum atomic E-state index is -0.389. The lowest BCUT2D eigenvalue weighted by atomic mass is 9.84. The van der Waals surface area contributed by atoms with Gasteiger partial charge in [-0.15, -0.1) is 0 Å². The number of fused-ring (bicyclic) bond motifs is 3. The average molecular weight is 293 g/mol. The van der Waals surface area contributed by atoms with Crippen molar-refractivity contribution in [3.05, 3.63) is 17.9 Å². The van der Waals surface area contributed by atoms with Gasteiger partial charge in [-0.1, -0.05) is 6.92 Å². The van der Waals surface area contributed by atoms with E-state index in [1.165, 1.54) is 32.0 Å². The van der Waals surface area contributed by atoms with Crippen molar-refractivity contribution in [2.24, 2.45) is 5.92 Å². The number of nitrogens with zero attached hydrogens (tertiary/aromatic N) is 1. The van der Waals surface area contributed by atoms with Crippen LogP contribution in [-0.2, 0) is 0 Å². The Morgan fingerprint density at radius 1 is 1.38 bits per heavy atom. The second-order valence-electron chi connectivity index (χ2n) is 6.11. The summed E-state index contributed by atoms with van der Waals surface area (Å²) in [6, 6.07) is 3.46. The zero-order valence-corrected chi connectivity index (χ0v) is 12.6. The Labute approximate surface area is 125 Å².